The van der Waals surface area contributed by atoms with Crippen LogP contribution in [0.5, 0.6) is 0 Å². The number of nitrogens with zero attached hydrogens (tertiary/aromatic N) is 1. The van der Waals surface area contributed by atoms with Crippen LogP contribution in [-0.4, -0.2) is 31.1 Å². The van der Waals surface area contributed by atoms with Crippen molar-refractivity contribution in [2.75, 3.05) is 20.1 Å². The summed E-state index contributed by atoms with van der Waals surface area (Å²) in [6, 6.07) is 7.50. The number of hydrogen-bond donors (Lipinski definition) is 1. The maximum absolute atomic E-state index is 13.5. The minimum absolute atomic E-state index is 0.114. The second kappa shape index (κ2) is 7.49. The summed E-state index contributed by atoms with van der Waals surface area (Å²) in [5, 5.41) is 3.43. The van der Waals surface area contributed by atoms with Crippen LogP contribution in [-0.2, 0) is 6.54 Å². The van der Waals surface area contributed by atoms with Gasteiger partial charge in [-0.15, -0.1) is 0 Å². The van der Waals surface area contributed by atoms with Crippen LogP contribution in [0.25, 0.3) is 0 Å². The van der Waals surface area contributed by atoms with Crippen molar-refractivity contribution >= 4 is 0 Å². The zero-order valence-corrected chi connectivity index (χ0v) is 11.9. The van der Waals surface area contributed by atoms with Crippen molar-refractivity contribution in [3.05, 3.63) is 35.6 Å². The largest absolute Gasteiger partial charge is 0.314 e. The van der Waals surface area contributed by atoms with E-state index in [-0.39, 0.29) is 5.82 Å². The fraction of sp³-hybridized carbons (Fsp3) is 0.600. The lowest BCUT2D eigenvalue weighted by molar-refractivity contribution is 0.268. The summed E-state index contributed by atoms with van der Waals surface area (Å²) in [6.45, 7) is 9.14. The molecular formula is C15H25FN2. The van der Waals surface area contributed by atoms with E-state index in [0.717, 1.165) is 18.7 Å². The number of nitrogens with one attached hydrogen (secondary N) is 1. The van der Waals surface area contributed by atoms with Gasteiger partial charge in [0.15, 0.2) is 0 Å². The maximum atomic E-state index is 13.5. The maximum Gasteiger partial charge on any atom is 0.127 e. The van der Waals surface area contributed by atoms with E-state index in [2.05, 4.69) is 31.0 Å². The fourth-order valence-electron chi connectivity index (χ4n) is 2.02. The summed E-state index contributed by atoms with van der Waals surface area (Å²) in [6.07, 6.45) is 0. The van der Waals surface area contributed by atoms with Gasteiger partial charge in [-0.1, -0.05) is 39.0 Å². The van der Waals surface area contributed by atoms with Crippen molar-refractivity contribution in [2.24, 2.45) is 5.92 Å². The third kappa shape index (κ3) is 5.61. The van der Waals surface area contributed by atoms with Gasteiger partial charge in [-0.25, -0.2) is 4.39 Å². The zero-order chi connectivity index (χ0) is 13.5. The Morgan fingerprint density at radius 1 is 1.22 bits per heavy atom. The van der Waals surface area contributed by atoms with Crippen molar-refractivity contribution in [1.82, 2.24) is 10.2 Å². The molecule has 0 amide bonds. The van der Waals surface area contributed by atoms with Crippen molar-refractivity contribution in [1.29, 1.82) is 0 Å². The second-order valence-electron chi connectivity index (χ2n) is 5.46. The molecule has 1 atom stereocenters. The third-order valence-corrected chi connectivity index (χ3v) is 2.90. The molecular weight excluding hydrogens is 227 g/mol. The molecule has 3 heteroatoms. The Kier molecular flexibility index (Phi) is 6.30. The molecule has 0 aliphatic heterocycles. The van der Waals surface area contributed by atoms with Crippen molar-refractivity contribution in [2.45, 2.75) is 33.4 Å². The molecule has 0 radical (unpaired) electrons. The van der Waals surface area contributed by atoms with Crippen molar-refractivity contribution < 1.29 is 4.39 Å². The number of halogens is 1. The molecule has 1 rings (SSSR count). The predicted octanol–water partition coefficient (Wildman–Crippen LogP) is 2.89. The van der Waals surface area contributed by atoms with E-state index < -0.39 is 0 Å². The van der Waals surface area contributed by atoms with E-state index in [4.69, 9.17) is 0 Å². The number of rotatable bonds is 7. The molecule has 0 aliphatic carbocycles. The summed E-state index contributed by atoms with van der Waals surface area (Å²) in [7, 11) is 2.04. The van der Waals surface area contributed by atoms with Gasteiger partial charge >= 0.3 is 0 Å². The first-order valence-corrected chi connectivity index (χ1v) is 6.64. The highest BCUT2D eigenvalue weighted by molar-refractivity contribution is 5.16. The van der Waals surface area contributed by atoms with Crippen LogP contribution in [0, 0.1) is 11.7 Å². The van der Waals surface area contributed by atoms with E-state index in [9.17, 15) is 4.39 Å². The van der Waals surface area contributed by atoms with Crippen LogP contribution in [0.3, 0.4) is 0 Å². The lowest BCUT2D eigenvalue weighted by atomic mass is 10.1. The van der Waals surface area contributed by atoms with Gasteiger partial charge in [0, 0.05) is 24.7 Å². The highest BCUT2D eigenvalue weighted by atomic mass is 19.1. The van der Waals surface area contributed by atoms with Gasteiger partial charge in [-0.3, -0.25) is 0 Å². The average Bonchev–Trinajstić information content (AvgIpc) is 2.29. The first kappa shape index (κ1) is 15.1. The Morgan fingerprint density at radius 2 is 1.89 bits per heavy atom. The van der Waals surface area contributed by atoms with Gasteiger partial charge in [0.25, 0.3) is 0 Å². The quantitative estimate of drug-likeness (QED) is 0.802. The van der Waals surface area contributed by atoms with E-state index in [0.29, 0.717) is 18.5 Å². The molecule has 0 saturated carbocycles. The van der Waals surface area contributed by atoms with Gasteiger partial charge in [0.1, 0.15) is 5.82 Å². The topological polar surface area (TPSA) is 15.3 Å². The molecule has 1 aromatic rings. The molecule has 0 heterocycles. The summed E-state index contributed by atoms with van der Waals surface area (Å²) >= 11 is 0. The molecule has 0 aliphatic rings. The first-order chi connectivity index (χ1) is 8.49. The SMILES string of the molecule is CC(CNC(C)C)CN(C)Cc1ccccc1F. The zero-order valence-electron chi connectivity index (χ0n) is 11.9. The van der Waals surface area contributed by atoms with Crippen LogP contribution < -0.4 is 5.32 Å². The summed E-state index contributed by atoms with van der Waals surface area (Å²) < 4.78 is 13.5. The molecule has 0 spiro atoms. The highest BCUT2D eigenvalue weighted by Gasteiger charge is 2.09. The molecule has 1 N–H and O–H groups in total. The van der Waals surface area contributed by atoms with Crippen LogP contribution in [0.1, 0.15) is 26.3 Å². The van der Waals surface area contributed by atoms with Crippen LogP contribution in [0.2, 0.25) is 0 Å². The second-order valence-corrected chi connectivity index (χ2v) is 5.46. The Morgan fingerprint density at radius 3 is 2.50 bits per heavy atom. The first-order valence-electron chi connectivity index (χ1n) is 6.64. The molecule has 0 saturated heterocycles. The lowest BCUT2D eigenvalue weighted by Crippen LogP contribution is -2.33. The van der Waals surface area contributed by atoms with E-state index in [1.165, 1.54) is 6.07 Å². The predicted molar refractivity (Wildman–Crippen MR) is 75.0 cm³/mol. The molecule has 1 unspecified atom stereocenters. The lowest BCUT2D eigenvalue weighted by Gasteiger charge is -2.22. The molecule has 18 heavy (non-hydrogen) atoms. The molecule has 0 fully saturated rings. The van der Waals surface area contributed by atoms with Gasteiger partial charge in [0.05, 0.1) is 0 Å². The summed E-state index contributed by atoms with van der Waals surface area (Å²) in [4.78, 5) is 2.17. The van der Waals surface area contributed by atoms with E-state index in [1.54, 1.807) is 6.07 Å². The van der Waals surface area contributed by atoms with Gasteiger partial charge < -0.3 is 10.2 Å². The average molecular weight is 252 g/mol. The van der Waals surface area contributed by atoms with Crippen LogP contribution in [0.4, 0.5) is 4.39 Å². The molecule has 0 aromatic heterocycles. The Bertz CT molecular complexity index is 352. The minimum atomic E-state index is -0.114. The smallest absolute Gasteiger partial charge is 0.127 e. The number of benzene rings is 1. The van der Waals surface area contributed by atoms with Crippen LogP contribution in [0.15, 0.2) is 24.3 Å². The Balaban J connectivity index is 2.37. The van der Waals surface area contributed by atoms with Gasteiger partial charge in [-0.05, 0) is 25.6 Å². The molecule has 1 aromatic carbocycles. The third-order valence-electron chi connectivity index (χ3n) is 2.90. The molecule has 0 bridgehead atoms. The summed E-state index contributed by atoms with van der Waals surface area (Å²) in [5.74, 6) is 0.446. The van der Waals surface area contributed by atoms with Gasteiger partial charge in [0.2, 0.25) is 0 Å². The Labute approximate surface area is 110 Å². The van der Waals surface area contributed by atoms with Crippen molar-refractivity contribution in [3.8, 4) is 0 Å². The highest BCUT2D eigenvalue weighted by Crippen LogP contribution is 2.10. The molecule has 2 nitrogen and oxygen atoms in total. The number of hydrogen-bond acceptors (Lipinski definition) is 2. The van der Waals surface area contributed by atoms with Crippen molar-refractivity contribution in [3.63, 3.8) is 0 Å². The van der Waals surface area contributed by atoms with Crippen LogP contribution >= 0.6 is 0 Å². The van der Waals surface area contributed by atoms with E-state index in [1.807, 2.05) is 19.2 Å². The minimum Gasteiger partial charge on any atom is -0.314 e. The Hall–Kier alpha value is -0.930. The standard InChI is InChI=1S/C15H25FN2/c1-12(2)17-9-13(3)10-18(4)11-14-7-5-6-8-15(14)16/h5-8,12-13,17H,9-11H2,1-4H3. The summed E-state index contributed by atoms with van der Waals surface area (Å²) in [5.41, 5.74) is 0.768. The van der Waals surface area contributed by atoms with E-state index >= 15 is 0 Å². The monoisotopic (exact) mass is 252 g/mol. The van der Waals surface area contributed by atoms with Gasteiger partial charge in [-0.2, -0.15) is 0 Å². The molecule has 102 valence electrons. The normalized spacial score (nSPS) is 13.3. The fourth-order valence-corrected chi connectivity index (χ4v) is 2.02.